The van der Waals surface area contributed by atoms with Crippen molar-refractivity contribution < 1.29 is 0 Å². The van der Waals surface area contributed by atoms with Gasteiger partial charge < -0.3 is 15.5 Å². The second kappa shape index (κ2) is 8.03. The highest BCUT2D eigenvalue weighted by atomic mass is 15.2. The van der Waals surface area contributed by atoms with Gasteiger partial charge in [-0.05, 0) is 56.2 Å². The molecule has 138 valence electrons. The number of hydrogen-bond donors (Lipinski definition) is 2. The standard InChI is InChI=1S/C21H24N6/c1-16-14-20(26-21(24-16)23-15-18-6-2-3-11-22-18)25-17-7-9-19(10-8-17)27-12-4-5-13-27/h2-3,6-11,14H,4-5,12-13,15H2,1H3,(H2,23,24,25,26). The summed E-state index contributed by atoms with van der Waals surface area (Å²) in [5, 5.41) is 6.62. The molecule has 0 atom stereocenters. The molecule has 0 spiro atoms. The molecule has 1 fully saturated rings. The molecule has 3 heterocycles. The molecule has 1 saturated heterocycles. The summed E-state index contributed by atoms with van der Waals surface area (Å²) in [6, 6.07) is 16.3. The van der Waals surface area contributed by atoms with Crippen LogP contribution in [-0.4, -0.2) is 28.0 Å². The van der Waals surface area contributed by atoms with E-state index < -0.39 is 0 Å². The fourth-order valence-corrected chi connectivity index (χ4v) is 3.26. The Morgan fingerprint density at radius 1 is 1.00 bits per heavy atom. The number of anilines is 4. The summed E-state index contributed by atoms with van der Waals surface area (Å²) in [6.07, 6.45) is 4.36. The Hall–Kier alpha value is -3.15. The van der Waals surface area contributed by atoms with Crippen LogP contribution in [0.2, 0.25) is 0 Å². The van der Waals surface area contributed by atoms with E-state index in [0.29, 0.717) is 12.5 Å². The highest BCUT2D eigenvalue weighted by Gasteiger charge is 2.12. The molecule has 0 bridgehead atoms. The SMILES string of the molecule is Cc1cc(Nc2ccc(N3CCCC3)cc2)nc(NCc2ccccn2)n1. The molecule has 0 radical (unpaired) electrons. The van der Waals surface area contributed by atoms with Crippen molar-refractivity contribution in [2.45, 2.75) is 26.3 Å². The Balaban J connectivity index is 1.43. The molecule has 6 nitrogen and oxygen atoms in total. The highest BCUT2D eigenvalue weighted by Crippen LogP contribution is 2.24. The lowest BCUT2D eigenvalue weighted by Crippen LogP contribution is -2.17. The van der Waals surface area contributed by atoms with Crippen molar-refractivity contribution in [2.24, 2.45) is 0 Å². The molecule has 6 heteroatoms. The Morgan fingerprint density at radius 3 is 2.56 bits per heavy atom. The second-order valence-electron chi connectivity index (χ2n) is 6.76. The van der Waals surface area contributed by atoms with Crippen molar-refractivity contribution in [1.29, 1.82) is 0 Å². The molecule has 2 aromatic heterocycles. The minimum atomic E-state index is 0.592. The summed E-state index contributed by atoms with van der Waals surface area (Å²) in [5.74, 6) is 1.37. The van der Waals surface area contributed by atoms with E-state index >= 15 is 0 Å². The first-order chi connectivity index (χ1) is 13.3. The van der Waals surface area contributed by atoms with Crippen LogP contribution in [-0.2, 0) is 6.54 Å². The number of pyridine rings is 1. The predicted octanol–water partition coefficient (Wildman–Crippen LogP) is 4.14. The number of aromatic nitrogens is 3. The lowest BCUT2D eigenvalue weighted by atomic mass is 10.2. The van der Waals surface area contributed by atoms with Crippen molar-refractivity contribution in [3.8, 4) is 0 Å². The lowest BCUT2D eigenvalue weighted by Gasteiger charge is -2.18. The maximum absolute atomic E-state index is 4.57. The van der Waals surface area contributed by atoms with Crippen LogP contribution in [0.25, 0.3) is 0 Å². The van der Waals surface area contributed by atoms with Crippen LogP contribution in [0.4, 0.5) is 23.1 Å². The van der Waals surface area contributed by atoms with Gasteiger partial charge in [-0.2, -0.15) is 4.98 Å². The molecule has 1 aliphatic heterocycles. The second-order valence-corrected chi connectivity index (χ2v) is 6.76. The molecule has 4 rings (SSSR count). The van der Waals surface area contributed by atoms with Gasteiger partial charge in [0.15, 0.2) is 0 Å². The van der Waals surface area contributed by atoms with E-state index in [1.807, 2.05) is 31.2 Å². The third-order valence-corrected chi connectivity index (χ3v) is 4.62. The van der Waals surface area contributed by atoms with E-state index in [9.17, 15) is 0 Å². The third-order valence-electron chi connectivity index (χ3n) is 4.62. The minimum Gasteiger partial charge on any atom is -0.372 e. The van der Waals surface area contributed by atoms with Crippen LogP contribution in [0.3, 0.4) is 0 Å². The average Bonchev–Trinajstić information content (AvgIpc) is 3.22. The van der Waals surface area contributed by atoms with Gasteiger partial charge in [-0.25, -0.2) is 4.98 Å². The van der Waals surface area contributed by atoms with E-state index in [1.54, 1.807) is 6.20 Å². The fraction of sp³-hybridized carbons (Fsp3) is 0.286. The summed E-state index contributed by atoms with van der Waals surface area (Å²) in [5.41, 5.74) is 4.17. The Kier molecular flexibility index (Phi) is 5.14. The number of nitrogens with zero attached hydrogens (tertiary/aromatic N) is 4. The molecule has 0 unspecified atom stereocenters. The molecule has 0 aliphatic carbocycles. The van der Waals surface area contributed by atoms with Gasteiger partial charge in [-0.3, -0.25) is 4.98 Å². The van der Waals surface area contributed by atoms with E-state index in [-0.39, 0.29) is 0 Å². The first-order valence-corrected chi connectivity index (χ1v) is 9.38. The highest BCUT2D eigenvalue weighted by molar-refractivity contribution is 5.61. The Bertz CT molecular complexity index is 873. The summed E-state index contributed by atoms with van der Waals surface area (Å²) >= 11 is 0. The van der Waals surface area contributed by atoms with Crippen LogP contribution in [0.1, 0.15) is 24.2 Å². The van der Waals surface area contributed by atoms with Gasteiger partial charge in [-0.15, -0.1) is 0 Å². The molecule has 1 aliphatic rings. The van der Waals surface area contributed by atoms with Crippen molar-refractivity contribution in [2.75, 3.05) is 28.6 Å². The maximum atomic E-state index is 4.57. The van der Waals surface area contributed by atoms with E-state index in [1.165, 1.54) is 18.5 Å². The first-order valence-electron chi connectivity index (χ1n) is 9.38. The lowest BCUT2D eigenvalue weighted by molar-refractivity contribution is 0.949. The van der Waals surface area contributed by atoms with E-state index in [2.05, 4.69) is 54.8 Å². The number of benzene rings is 1. The molecule has 27 heavy (non-hydrogen) atoms. The zero-order valence-corrected chi connectivity index (χ0v) is 15.5. The van der Waals surface area contributed by atoms with Gasteiger partial charge in [0.25, 0.3) is 0 Å². The predicted molar refractivity (Wildman–Crippen MR) is 110 cm³/mol. The summed E-state index contributed by atoms with van der Waals surface area (Å²) < 4.78 is 0. The van der Waals surface area contributed by atoms with Crippen molar-refractivity contribution in [3.05, 3.63) is 66.1 Å². The Morgan fingerprint density at radius 2 is 1.81 bits per heavy atom. The topological polar surface area (TPSA) is 66.0 Å². The van der Waals surface area contributed by atoms with Gasteiger partial charge in [-0.1, -0.05) is 6.07 Å². The summed E-state index contributed by atoms with van der Waals surface area (Å²) in [4.78, 5) is 15.8. The minimum absolute atomic E-state index is 0.592. The van der Waals surface area contributed by atoms with Gasteiger partial charge in [0.1, 0.15) is 5.82 Å². The maximum Gasteiger partial charge on any atom is 0.225 e. The molecule has 0 amide bonds. The average molecular weight is 360 g/mol. The van der Waals surface area contributed by atoms with Crippen LogP contribution >= 0.6 is 0 Å². The molecule has 1 aromatic carbocycles. The zero-order valence-electron chi connectivity index (χ0n) is 15.5. The monoisotopic (exact) mass is 360 g/mol. The van der Waals surface area contributed by atoms with Crippen molar-refractivity contribution in [1.82, 2.24) is 15.0 Å². The van der Waals surface area contributed by atoms with Crippen LogP contribution in [0.5, 0.6) is 0 Å². The number of hydrogen-bond acceptors (Lipinski definition) is 6. The van der Waals surface area contributed by atoms with E-state index in [0.717, 1.165) is 36.0 Å². The third kappa shape index (κ3) is 4.53. The molecular weight excluding hydrogens is 336 g/mol. The quantitative estimate of drug-likeness (QED) is 0.689. The number of nitrogens with one attached hydrogen (secondary N) is 2. The Labute approximate surface area is 159 Å². The van der Waals surface area contributed by atoms with E-state index in [4.69, 9.17) is 0 Å². The summed E-state index contributed by atoms with van der Waals surface area (Å²) in [6.45, 7) is 4.87. The van der Waals surface area contributed by atoms with Gasteiger partial charge in [0, 0.05) is 42.4 Å². The normalized spacial score (nSPS) is 13.6. The van der Waals surface area contributed by atoms with Crippen LogP contribution in [0, 0.1) is 6.92 Å². The number of aryl methyl sites for hydroxylation is 1. The smallest absolute Gasteiger partial charge is 0.225 e. The largest absolute Gasteiger partial charge is 0.372 e. The molecular formula is C21H24N6. The van der Waals surface area contributed by atoms with Gasteiger partial charge in [0.2, 0.25) is 5.95 Å². The number of rotatable bonds is 6. The first kappa shape index (κ1) is 17.3. The zero-order chi connectivity index (χ0) is 18.5. The summed E-state index contributed by atoms with van der Waals surface area (Å²) in [7, 11) is 0. The van der Waals surface area contributed by atoms with Gasteiger partial charge in [0.05, 0.1) is 12.2 Å². The fourth-order valence-electron chi connectivity index (χ4n) is 3.26. The molecule has 2 N–H and O–H groups in total. The van der Waals surface area contributed by atoms with Gasteiger partial charge >= 0.3 is 0 Å². The van der Waals surface area contributed by atoms with Crippen LogP contribution in [0.15, 0.2) is 54.7 Å². The van der Waals surface area contributed by atoms with Crippen molar-refractivity contribution in [3.63, 3.8) is 0 Å². The molecule has 3 aromatic rings. The van der Waals surface area contributed by atoms with Crippen LogP contribution < -0.4 is 15.5 Å². The molecule has 0 saturated carbocycles. The van der Waals surface area contributed by atoms with Crippen molar-refractivity contribution >= 4 is 23.1 Å².